The first kappa shape index (κ1) is 12.8. The second kappa shape index (κ2) is 5.32. The highest BCUT2D eigenvalue weighted by molar-refractivity contribution is 9.10. The molecule has 0 amide bonds. The van der Waals surface area contributed by atoms with Gasteiger partial charge in [-0.25, -0.2) is 4.79 Å². The fraction of sp³-hybridized carbons (Fsp3) is 0.167. The van der Waals surface area contributed by atoms with Crippen LogP contribution in [0.15, 0.2) is 28.9 Å². The zero-order valence-electron chi connectivity index (χ0n) is 9.74. The SMILES string of the molecule is CCOC(=O)c1cnc2ccc(Br)cc2c1NN. The normalized spacial score (nSPS) is 10.4. The summed E-state index contributed by atoms with van der Waals surface area (Å²) < 4.78 is 5.85. The number of nitrogen functional groups attached to an aromatic ring is 1. The summed E-state index contributed by atoms with van der Waals surface area (Å²) in [6, 6.07) is 5.56. The van der Waals surface area contributed by atoms with Crippen LogP contribution in [-0.4, -0.2) is 17.6 Å². The molecule has 94 valence electrons. The standard InChI is InChI=1S/C12H12BrN3O2/c1-2-18-12(17)9-6-15-10-4-3-7(13)5-8(10)11(9)16-14/h3-6H,2,14H2,1H3,(H,15,16). The summed E-state index contributed by atoms with van der Waals surface area (Å²) in [5.41, 5.74) is 4.13. The van der Waals surface area contributed by atoms with Crippen molar-refractivity contribution < 1.29 is 9.53 Å². The van der Waals surface area contributed by atoms with Crippen LogP contribution in [0.3, 0.4) is 0 Å². The van der Waals surface area contributed by atoms with Gasteiger partial charge in [-0.1, -0.05) is 15.9 Å². The molecule has 0 saturated heterocycles. The van der Waals surface area contributed by atoms with Crippen LogP contribution < -0.4 is 11.3 Å². The Morgan fingerprint density at radius 2 is 2.33 bits per heavy atom. The molecule has 0 spiro atoms. The van der Waals surface area contributed by atoms with E-state index in [-0.39, 0.29) is 0 Å². The summed E-state index contributed by atoms with van der Waals surface area (Å²) in [5.74, 6) is 5.06. The van der Waals surface area contributed by atoms with Gasteiger partial charge in [0.1, 0.15) is 5.56 Å². The number of carbonyl (C=O) groups excluding carboxylic acids is 1. The van der Waals surface area contributed by atoms with E-state index in [1.165, 1.54) is 6.20 Å². The highest BCUT2D eigenvalue weighted by Crippen LogP contribution is 2.28. The van der Waals surface area contributed by atoms with Crippen molar-refractivity contribution in [1.82, 2.24) is 4.98 Å². The van der Waals surface area contributed by atoms with Crippen LogP contribution in [0.4, 0.5) is 5.69 Å². The zero-order chi connectivity index (χ0) is 13.1. The number of benzene rings is 1. The molecule has 3 N–H and O–H groups in total. The molecule has 5 nitrogen and oxygen atoms in total. The Morgan fingerprint density at radius 3 is 3.00 bits per heavy atom. The van der Waals surface area contributed by atoms with Gasteiger partial charge in [-0.2, -0.15) is 0 Å². The van der Waals surface area contributed by atoms with Gasteiger partial charge in [-0.3, -0.25) is 10.8 Å². The average molecular weight is 310 g/mol. The fourth-order valence-electron chi connectivity index (χ4n) is 1.68. The number of ether oxygens (including phenoxy) is 1. The monoisotopic (exact) mass is 309 g/mol. The number of nitrogens with zero attached hydrogens (tertiary/aromatic N) is 1. The number of hydrazine groups is 1. The first-order valence-electron chi connectivity index (χ1n) is 5.39. The van der Waals surface area contributed by atoms with Crippen LogP contribution >= 0.6 is 15.9 Å². The second-order valence-corrected chi connectivity index (χ2v) is 4.49. The predicted molar refractivity (Wildman–Crippen MR) is 73.2 cm³/mol. The summed E-state index contributed by atoms with van der Waals surface area (Å²) in [6.07, 6.45) is 1.46. The quantitative estimate of drug-likeness (QED) is 0.517. The van der Waals surface area contributed by atoms with Crippen molar-refractivity contribution in [3.8, 4) is 0 Å². The van der Waals surface area contributed by atoms with E-state index in [0.717, 1.165) is 15.4 Å². The maximum absolute atomic E-state index is 11.8. The molecule has 2 rings (SSSR count). The Labute approximate surface area is 112 Å². The number of aromatic nitrogens is 1. The molecule has 1 heterocycles. The second-order valence-electron chi connectivity index (χ2n) is 3.57. The van der Waals surface area contributed by atoms with E-state index >= 15 is 0 Å². The molecule has 0 unspecified atom stereocenters. The van der Waals surface area contributed by atoms with Crippen LogP contribution in [0.2, 0.25) is 0 Å². The van der Waals surface area contributed by atoms with Gasteiger partial charge in [-0.15, -0.1) is 0 Å². The van der Waals surface area contributed by atoms with Gasteiger partial charge in [0, 0.05) is 16.1 Å². The van der Waals surface area contributed by atoms with E-state index in [4.69, 9.17) is 10.6 Å². The molecule has 0 fully saturated rings. The number of hydrogen-bond acceptors (Lipinski definition) is 5. The third kappa shape index (κ3) is 2.30. The van der Waals surface area contributed by atoms with Crippen molar-refractivity contribution in [1.29, 1.82) is 0 Å². The topological polar surface area (TPSA) is 77.2 Å². The summed E-state index contributed by atoms with van der Waals surface area (Å²) >= 11 is 3.38. The van der Waals surface area contributed by atoms with Gasteiger partial charge in [0.25, 0.3) is 0 Å². The Kier molecular flexibility index (Phi) is 3.78. The highest BCUT2D eigenvalue weighted by atomic mass is 79.9. The van der Waals surface area contributed by atoms with Gasteiger partial charge in [0.05, 0.1) is 17.8 Å². The molecule has 2 aromatic rings. The maximum Gasteiger partial charge on any atom is 0.341 e. The van der Waals surface area contributed by atoms with E-state index in [9.17, 15) is 4.79 Å². The number of nitrogens with one attached hydrogen (secondary N) is 1. The fourth-order valence-corrected chi connectivity index (χ4v) is 2.05. The molecular weight excluding hydrogens is 298 g/mol. The first-order chi connectivity index (χ1) is 8.67. The smallest absolute Gasteiger partial charge is 0.341 e. The van der Waals surface area contributed by atoms with E-state index in [0.29, 0.717) is 17.9 Å². The number of anilines is 1. The van der Waals surface area contributed by atoms with Crippen LogP contribution in [0.1, 0.15) is 17.3 Å². The number of nitrogens with two attached hydrogens (primary N) is 1. The van der Waals surface area contributed by atoms with Gasteiger partial charge in [-0.05, 0) is 25.1 Å². The summed E-state index contributed by atoms with van der Waals surface area (Å²) in [4.78, 5) is 16.0. The summed E-state index contributed by atoms with van der Waals surface area (Å²) in [5, 5.41) is 0.762. The molecule has 1 aromatic heterocycles. The van der Waals surface area contributed by atoms with Crippen molar-refractivity contribution in [2.75, 3.05) is 12.0 Å². The van der Waals surface area contributed by atoms with Crippen molar-refractivity contribution in [3.05, 3.63) is 34.4 Å². The molecule has 0 aliphatic carbocycles. The number of fused-ring (bicyclic) bond motifs is 1. The Balaban J connectivity index is 2.65. The van der Waals surface area contributed by atoms with E-state index in [1.54, 1.807) is 6.92 Å². The van der Waals surface area contributed by atoms with Crippen molar-refractivity contribution in [2.45, 2.75) is 6.92 Å². The molecule has 0 bridgehead atoms. The third-order valence-corrected chi connectivity index (χ3v) is 2.96. The van der Waals surface area contributed by atoms with Gasteiger partial charge in [0.15, 0.2) is 0 Å². The van der Waals surface area contributed by atoms with Gasteiger partial charge in [0.2, 0.25) is 0 Å². The van der Waals surface area contributed by atoms with E-state index in [1.807, 2.05) is 18.2 Å². The van der Waals surface area contributed by atoms with Crippen molar-refractivity contribution in [3.63, 3.8) is 0 Å². The first-order valence-corrected chi connectivity index (χ1v) is 6.18. The highest BCUT2D eigenvalue weighted by Gasteiger charge is 2.15. The Morgan fingerprint density at radius 1 is 1.56 bits per heavy atom. The van der Waals surface area contributed by atoms with Crippen molar-refractivity contribution >= 4 is 38.5 Å². The minimum atomic E-state index is -0.445. The average Bonchev–Trinajstić information content (AvgIpc) is 2.37. The van der Waals surface area contributed by atoms with Crippen LogP contribution in [0.5, 0.6) is 0 Å². The van der Waals surface area contributed by atoms with Gasteiger partial charge >= 0.3 is 5.97 Å². The lowest BCUT2D eigenvalue weighted by atomic mass is 10.1. The minimum absolute atomic E-state index is 0.305. The largest absolute Gasteiger partial charge is 0.462 e. The van der Waals surface area contributed by atoms with Crippen LogP contribution in [0, 0.1) is 0 Å². The van der Waals surface area contributed by atoms with Crippen LogP contribution in [-0.2, 0) is 4.74 Å². The molecule has 18 heavy (non-hydrogen) atoms. The Hall–Kier alpha value is -1.66. The molecule has 6 heteroatoms. The molecule has 1 aromatic carbocycles. The lowest BCUT2D eigenvalue weighted by Gasteiger charge is -2.11. The lowest BCUT2D eigenvalue weighted by molar-refractivity contribution is 0.0527. The number of carbonyl (C=O) groups is 1. The maximum atomic E-state index is 11.8. The summed E-state index contributed by atoms with van der Waals surface area (Å²) in [6.45, 7) is 2.05. The number of halogens is 1. The molecule has 0 atom stereocenters. The predicted octanol–water partition coefficient (Wildman–Crippen LogP) is 2.46. The van der Waals surface area contributed by atoms with Gasteiger partial charge < -0.3 is 10.2 Å². The molecular formula is C12H12BrN3O2. The number of hydrogen-bond donors (Lipinski definition) is 2. The minimum Gasteiger partial charge on any atom is -0.462 e. The number of pyridine rings is 1. The van der Waals surface area contributed by atoms with Crippen LogP contribution in [0.25, 0.3) is 10.9 Å². The van der Waals surface area contributed by atoms with E-state index < -0.39 is 5.97 Å². The van der Waals surface area contributed by atoms with E-state index in [2.05, 4.69) is 26.3 Å². The number of esters is 1. The third-order valence-electron chi connectivity index (χ3n) is 2.47. The Bertz CT molecular complexity index is 601. The molecule has 0 saturated carbocycles. The summed E-state index contributed by atoms with van der Waals surface area (Å²) in [7, 11) is 0. The number of rotatable bonds is 3. The molecule has 0 radical (unpaired) electrons. The van der Waals surface area contributed by atoms with Crippen molar-refractivity contribution in [2.24, 2.45) is 5.84 Å². The molecule has 0 aliphatic heterocycles. The zero-order valence-corrected chi connectivity index (χ0v) is 11.3. The molecule has 0 aliphatic rings. The lowest BCUT2D eigenvalue weighted by Crippen LogP contribution is -2.14.